The Morgan fingerprint density at radius 3 is 2.89 bits per heavy atom. The van der Waals surface area contributed by atoms with E-state index in [9.17, 15) is 9.59 Å². The normalized spacial score (nSPS) is 9.37. The highest BCUT2D eigenvalue weighted by Gasteiger charge is 2.17. The second-order valence-corrected chi connectivity index (χ2v) is 3.80. The fourth-order valence-electron chi connectivity index (χ4n) is 1.38. The Morgan fingerprint density at radius 1 is 1.53 bits per heavy atom. The van der Waals surface area contributed by atoms with E-state index in [1.54, 1.807) is 12.1 Å². The van der Waals surface area contributed by atoms with Gasteiger partial charge in [-0.3, -0.25) is 9.59 Å². The number of rotatable bonds is 4. The van der Waals surface area contributed by atoms with Gasteiger partial charge in [-0.15, -0.1) is 0 Å². The minimum atomic E-state index is -0.598. The number of pyridine rings is 1. The average Bonchev–Trinajstić information content (AvgIpc) is 2.38. The molecule has 1 aromatic heterocycles. The van der Waals surface area contributed by atoms with Crippen molar-refractivity contribution in [3.05, 3.63) is 29.6 Å². The molecule has 1 heterocycles. The molecule has 100 valence electrons. The number of amides is 2. The van der Waals surface area contributed by atoms with Crippen LogP contribution in [0.5, 0.6) is 0 Å². The molecule has 0 fully saturated rings. The van der Waals surface area contributed by atoms with E-state index in [0.29, 0.717) is 12.0 Å². The molecular formula is C13H15N3O3. The Bertz CT molecular complexity index is 531. The molecule has 6 nitrogen and oxygen atoms in total. The number of aliphatic hydroxyl groups is 1. The molecule has 6 heteroatoms. The lowest BCUT2D eigenvalue weighted by Gasteiger charge is -2.15. The smallest absolute Gasteiger partial charge is 0.273 e. The van der Waals surface area contributed by atoms with Crippen LogP contribution in [-0.4, -0.2) is 47.0 Å². The van der Waals surface area contributed by atoms with Crippen LogP contribution >= 0.6 is 0 Å². The van der Waals surface area contributed by atoms with E-state index < -0.39 is 11.8 Å². The summed E-state index contributed by atoms with van der Waals surface area (Å²) in [7, 11) is 1.46. The average molecular weight is 261 g/mol. The van der Waals surface area contributed by atoms with Gasteiger partial charge in [0.15, 0.2) is 0 Å². The zero-order valence-corrected chi connectivity index (χ0v) is 10.6. The number of aromatic nitrogens is 1. The number of likely N-dealkylation sites (N-methyl/N-ethyl adjacent to an activating group) is 1. The topological polar surface area (TPSA) is 96.5 Å². The lowest BCUT2D eigenvalue weighted by atomic mass is 10.1. The highest BCUT2D eigenvalue weighted by molar-refractivity contribution is 5.96. The summed E-state index contributed by atoms with van der Waals surface area (Å²) in [6, 6.07) is 3.32. The van der Waals surface area contributed by atoms with Gasteiger partial charge in [0.1, 0.15) is 5.69 Å². The van der Waals surface area contributed by atoms with Gasteiger partial charge in [0.05, 0.1) is 18.7 Å². The maximum atomic E-state index is 12.1. The Labute approximate surface area is 111 Å². The Balaban J connectivity index is 2.97. The van der Waals surface area contributed by atoms with E-state index in [0.717, 1.165) is 0 Å². The molecule has 1 rings (SSSR count). The molecule has 0 saturated heterocycles. The first-order valence-electron chi connectivity index (χ1n) is 5.64. The molecule has 3 N–H and O–H groups in total. The van der Waals surface area contributed by atoms with Gasteiger partial charge in [-0.2, -0.15) is 0 Å². The molecule has 0 bridgehead atoms. The largest absolute Gasteiger partial charge is 0.395 e. The predicted octanol–water partition coefficient (Wildman–Crippen LogP) is -0.627. The minimum absolute atomic E-state index is 0.0435. The van der Waals surface area contributed by atoms with Gasteiger partial charge in [-0.1, -0.05) is 11.8 Å². The number of nitrogens with two attached hydrogens (primary N) is 1. The zero-order chi connectivity index (χ0) is 14.3. The van der Waals surface area contributed by atoms with Crippen LogP contribution in [0.4, 0.5) is 0 Å². The van der Waals surface area contributed by atoms with E-state index in [-0.39, 0.29) is 18.8 Å². The van der Waals surface area contributed by atoms with Crippen LogP contribution in [0.3, 0.4) is 0 Å². The van der Waals surface area contributed by atoms with Crippen LogP contribution in [0.25, 0.3) is 0 Å². The van der Waals surface area contributed by atoms with Crippen LogP contribution < -0.4 is 5.73 Å². The highest BCUT2D eigenvalue weighted by atomic mass is 16.2. The third kappa shape index (κ3) is 4.41. The monoisotopic (exact) mass is 261 g/mol. The summed E-state index contributed by atoms with van der Waals surface area (Å²) in [4.78, 5) is 28.0. The number of hydrogen-bond donors (Lipinski definition) is 2. The predicted molar refractivity (Wildman–Crippen MR) is 69.0 cm³/mol. The number of nitrogens with zero attached hydrogens (tertiary/aromatic N) is 2. The van der Waals surface area contributed by atoms with Crippen molar-refractivity contribution in [1.29, 1.82) is 0 Å². The van der Waals surface area contributed by atoms with Gasteiger partial charge in [0.2, 0.25) is 5.91 Å². The van der Waals surface area contributed by atoms with Crippen LogP contribution in [0.2, 0.25) is 0 Å². The quantitative estimate of drug-likeness (QED) is 0.705. The van der Waals surface area contributed by atoms with E-state index in [1.807, 2.05) is 0 Å². The van der Waals surface area contributed by atoms with Crippen molar-refractivity contribution in [1.82, 2.24) is 9.88 Å². The molecule has 2 amide bonds. The van der Waals surface area contributed by atoms with E-state index >= 15 is 0 Å². The highest BCUT2D eigenvalue weighted by Crippen LogP contribution is 2.06. The summed E-state index contributed by atoms with van der Waals surface area (Å²) in [6.07, 6.45) is 1.79. The van der Waals surface area contributed by atoms with E-state index in [2.05, 4.69) is 16.8 Å². The minimum Gasteiger partial charge on any atom is -0.395 e. The SMILES string of the molecule is CN(CC(N)=O)C(=O)c1ncccc1C#CCCO. The standard InChI is InChI=1S/C13H15N3O3/c1-16(9-11(14)18)13(19)12-10(5-2-3-8-17)6-4-7-15-12/h4,6-7,17H,3,8-9H2,1H3,(H2,14,18). The fraction of sp³-hybridized carbons (Fsp3) is 0.308. The van der Waals surface area contributed by atoms with Crippen LogP contribution in [0.15, 0.2) is 18.3 Å². The number of carbonyl (C=O) groups excluding carboxylic acids is 2. The second kappa shape index (κ2) is 7.13. The molecule has 0 aromatic carbocycles. The van der Waals surface area contributed by atoms with Gasteiger partial charge in [0.25, 0.3) is 5.91 Å². The van der Waals surface area contributed by atoms with Crippen LogP contribution in [-0.2, 0) is 4.79 Å². The van der Waals surface area contributed by atoms with Gasteiger partial charge < -0.3 is 15.7 Å². The first kappa shape index (κ1) is 14.7. The summed E-state index contributed by atoms with van der Waals surface area (Å²) in [5.74, 6) is 4.47. The van der Waals surface area contributed by atoms with Crippen molar-refractivity contribution in [2.45, 2.75) is 6.42 Å². The van der Waals surface area contributed by atoms with Gasteiger partial charge in [0, 0.05) is 19.7 Å². The lowest BCUT2D eigenvalue weighted by Crippen LogP contribution is -2.36. The maximum Gasteiger partial charge on any atom is 0.273 e. The van der Waals surface area contributed by atoms with Gasteiger partial charge in [-0.25, -0.2) is 4.98 Å². The summed E-state index contributed by atoms with van der Waals surface area (Å²) >= 11 is 0. The summed E-state index contributed by atoms with van der Waals surface area (Å²) in [5, 5.41) is 8.67. The van der Waals surface area contributed by atoms with Crippen LogP contribution in [0.1, 0.15) is 22.5 Å². The molecule has 0 saturated carbocycles. The molecule has 0 radical (unpaired) electrons. The number of primary amides is 1. The third-order valence-corrected chi connectivity index (χ3v) is 2.21. The fourth-order valence-corrected chi connectivity index (χ4v) is 1.38. The van der Waals surface area contributed by atoms with Crippen molar-refractivity contribution in [2.24, 2.45) is 5.73 Å². The van der Waals surface area contributed by atoms with Crippen molar-refractivity contribution in [3.63, 3.8) is 0 Å². The van der Waals surface area contributed by atoms with Crippen molar-refractivity contribution in [2.75, 3.05) is 20.2 Å². The van der Waals surface area contributed by atoms with Crippen molar-refractivity contribution >= 4 is 11.8 Å². The lowest BCUT2D eigenvalue weighted by molar-refractivity contribution is -0.118. The molecule has 0 atom stereocenters. The molecule has 0 aliphatic carbocycles. The second-order valence-electron chi connectivity index (χ2n) is 3.80. The van der Waals surface area contributed by atoms with Gasteiger partial charge in [-0.05, 0) is 12.1 Å². The van der Waals surface area contributed by atoms with Crippen molar-refractivity contribution < 1.29 is 14.7 Å². The number of aliphatic hydroxyl groups excluding tert-OH is 1. The molecule has 19 heavy (non-hydrogen) atoms. The first-order chi connectivity index (χ1) is 9.06. The molecule has 1 aromatic rings. The summed E-state index contributed by atoms with van der Waals surface area (Å²) in [6.45, 7) is -0.225. The van der Waals surface area contributed by atoms with Gasteiger partial charge >= 0.3 is 0 Å². The maximum absolute atomic E-state index is 12.1. The van der Waals surface area contributed by atoms with E-state index in [1.165, 1.54) is 18.1 Å². The Kier molecular flexibility index (Phi) is 5.51. The molecule has 0 spiro atoms. The number of hydrogen-bond acceptors (Lipinski definition) is 4. The molecule has 0 unspecified atom stereocenters. The zero-order valence-electron chi connectivity index (χ0n) is 10.6. The summed E-state index contributed by atoms with van der Waals surface area (Å²) in [5.41, 5.74) is 5.66. The molecular weight excluding hydrogens is 246 g/mol. The Morgan fingerprint density at radius 2 is 2.26 bits per heavy atom. The third-order valence-electron chi connectivity index (χ3n) is 2.21. The molecule has 0 aliphatic heterocycles. The van der Waals surface area contributed by atoms with Crippen LogP contribution in [0, 0.1) is 11.8 Å². The summed E-state index contributed by atoms with van der Waals surface area (Å²) < 4.78 is 0. The molecule has 0 aliphatic rings. The number of carbonyl (C=O) groups is 2. The van der Waals surface area contributed by atoms with E-state index in [4.69, 9.17) is 10.8 Å². The first-order valence-corrected chi connectivity index (χ1v) is 5.64. The van der Waals surface area contributed by atoms with Crippen molar-refractivity contribution in [3.8, 4) is 11.8 Å². The Hall–Kier alpha value is -2.39.